The fourth-order valence-electron chi connectivity index (χ4n) is 2.02. The van der Waals surface area contributed by atoms with Crippen LogP contribution in [-0.4, -0.2) is 12.0 Å². The van der Waals surface area contributed by atoms with Crippen LogP contribution in [0.4, 0.5) is 5.82 Å². The number of nitrogens with one attached hydrogen (secondary N) is 1. The lowest BCUT2D eigenvalue weighted by Crippen LogP contribution is -1.92. The summed E-state index contributed by atoms with van der Waals surface area (Å²) in [6.07, 6.45) is 1.73. The number of nitrogens with zero attached hydrogens (tertiary/aromatic N) is 1. The normalized spacial score (nSPS) is 10.4. The van der Waals surface area contributed by atoms with Gasteiger partial charge in [-0.25, -0.2) is 4.98 Å². The third-order valence-electron chi connectivity index (χ3n) is 2.96. The zero-order valence-electron chi connectivity index (χ0n) is 10.6. The fraction of sp³-hybridized carbons (Fsp3) is 0.0625. The first-order valence-electron chi connectivity index (χ1n) is 6.16. The maximum absolute atomic E-state index is 5.95. The van der Waals surface area contributed by atoms with Crippen molar-refractivity contribution in [3.63, 3.8) is 0 Å². The SMILES string of the molecule is CNc1cc(Oc2cccc3ccccc23)ccn1. The monoisotopic (exact) mass is 250 g/mol. The first-order valence-corrected chi connectivity index (χ1v) is 6.16. The van der Waals surface area contributed by atoms with Crippen molar-refractivity contribution in [3.8, 4) is 11.5 Å². The number of aromatic nitrogens is 1. The fourth-order valence-corrected chi connectivity index (χ4v) is 2.02. The van der Waals surface area contributed by atoms with Crippen molar-refractivity contribution in [2.24, 2.45) is 0 Å². The minimum Gasteiger partial charge on any atom is -0.457 e. The van der Waals surface area contributed by atoms with E-state index in [1.165, 1.54) is 5.39 Å². The van der Waals surface area contributed by atoms with E-state index in [1.807, 2.05) is 43.4 Å². The van der Waals surface area contributed by atoms with E-state index < -0.39 is 0 Å². The Bertz CT molecular complexity index is 704. The van der Waals surface area contributed by atoms with Gasteiger partial charge in [-0.3, -0.25) is 0 Å². The number of anilines is 1. The minimum absolute atomic E-state index is 0.774. The molecule has 0 aliphatic heterocycles. The van der Waals surface area contributed by atoms with E-state index in [-0.39, 0.29) is 0 Å². The summed E-state index contributed by atoms with van der Waals surface area (Å²) >= 11 is 0. The maximum Gasteiger partial charge on any atom is 0.135 e. The van der Waals surface area contributed by atoms with Gasteiger partial charge in [0.05, 0.1) is 0 Å². The van der Waals surface area contributed by atoms with Crippen molar-refractivity contribution in [2.75, 3.05) is 12.4 Å². The van der Waals surface area contributed by atoms with Crippen molar-refractivity contribution < 1.29 is 4.74 Å². The quantitative estimate of drug-likeness (QED) is 0.760. The largest absolute Gasteiger partial charge is 0.457 e. The number of ether oxygens (including phenoxy) is 1. The van der Waals surface area contributed by atoms with E-state index in [1.54, 1.807) is 6.20 Å². The highest BCUT2D eigenvalue weighted by atomic mass is 16.5. The molecule has 0 saturated heterocycles. The molecule has 0 amide bonds. The lowest BCUT2D eigenvalue weighted by molar-refractivity contribution is 0.488. The van der Waals surface area contributed by atoms with Gasteiger partial charge in [-0.2, -0.15) is 0 Å². The summed E-state index contributed by atoms with van der Waals surface area (Å²) < 4.78 is 5.95. The smallest absolute Gasteiger partial charge is 0.135 e. The third kappa shape index (κ3) is 2.36. The molecule has 0 bridgehead atoms. The molecule has 19 heavy (non-hydrogen) atoms. The van der Waals surface area contributed by atoms with Gasteiger partial charge in [0.25, 0.3) is 0 Å². The zero-order chi connectivity index (χ0) is 13.1. The predicted octanol–water partition coefficient (Wildman–Crippen LogP) is 4.07. The Morgan fingerprint density at radius 1 is 1.00 bits per heavy atom. The lowest BCUT2D eigenvalue weighted by Gasteiger charge is -2.09. The van der Waals surface area contributed by atoms with Crippen molar-refractivity contribution in [3.05, 3.63) is 60.8 Å². The highest BCUT2D eigenvalue weighted by Gasteiger charge is 2.03. The number of hydrogen-bond donors (Lipinski definition) is 1. The standard InChI is InChI=1S/C16H14N2O/c1-17-16-11-13(9-10-18-16)19-15-8-4-6-12-5-2-3-7-14(12)15/h2-11H,1H3,(H,17,18). The molecule has 1 aromatic heterocycles. The van der Waals surface area contributed by atoms with Crippen LogP contribution in [0, 0.1) is 0 Å². The Morgan fingerprint density at radius 2 is 1.84 bits per heavy atom. The molecule has 3 nitrogen and oxygen atoms in total. The Kier molecular flexibility index (Phi) is 3.02. The van der Waals surface area contributed by atoms with Crippen LogP contribution in [0.25, 0.3) is 10.8 Å². The van der Waals surface area contributed by atoms with Crippen LogP contribution in [0.15, 0.2) is 60.8 Å². The van der Waals surface area contributed by atoms with Crippen molar-refractivity contribution in [1.82, 2.24) is 4.98 Å². The summed E-state index contributed by atoms with van der Waals surface area (Å²) in [5.74, 6) is 2.42. The second-order valence-electron chi connectivity index (χ2n) is 4.21. The number of hydrogen-bond acceptors (Lipinski definition) is 3. The van der Waals surface area contributed by atoms with E-state index in [9.17, 15) is 0 Å². The van der Waals surface area contributed by atoms with Crippen LogP contribution in [0.3, 0.4) is 0 Å². The number of benzene rings is 2. The van der Waals surface area contributed by atoms with Crippen LogP contribution >= 0.6 is 0 Å². The average molecular weight is 250 g/mol. The number of fused-ring (bicyclic) bond motifs is 1. The zero-order valence-corrected chi connectivity index (χ0v) is 10.6. The molecule has 0 spiro atoms. The maximum atomic E-state index is 5.95. The van der Waals surface area contributed by atoms with Crippen molar-refractivity contribution in [2.45, 2.75) is 0 Å². The first kappa shape index (κ1) is 11.5. The molecule has 0 atom stereocenters. The molecule has 0 fully saturated rings. The van der Waals surface area contributed by atoms with Gasteiger partial charge in [-0.1, -0.05) is 36.4 Å². The summed E-state index contributed by atoms with van der Waals surface area (Å²) in [5, 5.41) is 5.27. The van der Waals surface area contributed by atoms with Crippen LogP contribution in [0.1, 0.15) is 0 Å². The lowest BCUT2D eigenvalue weighted by atomic mass is 10.1. The molecule has 94 valence electrons. The van der Waals surface area contributed by atoms with E-state index in [0.29, 0.717) is 0 Å². The molecular formula is C16H14N2O. The van der Waals surface area contributed by atoms with Gasteiger partial charge in [-0.05, 0) is 17.5 Å². The van der Waals surface area contributed by atoms with Crippen LogP contribution in [0.5, 0.6) is 11.5 Å². The Balaban J connectivity index is 2.01. The Labute approximate surface area is 111 Å². The van der Waals surface area contributed by atoms with Gasteiger partial charge in [0.2, 0.25) is 0 Å². The van der Waals surface area contributed by atoms with Crippen molar-refractivity contribution >= 4 is 16.6 Å². The molecule has 3 heteroatoms. The third-order valence-corrected chi connectivity index (χ3v) is 2.96. The summed E-state index contributed by atoms with van der Waals surface area (Å²) in [4.78, 5) is 4.17. The highest BCUT2D eigenvalue weighted by Crippen LogP contribution is 2.30. The van der Waals surface area contributed by atoms with E-state index in [4.69, 9.17) is 4.74 Å². The summed E-state index contributed by atoms with van der Waals surface area (Å²) in [6.45, 7) is 0. The van der Waals surface area contributed by atoms with Gasteiger partial charge >= 0.3 is 0 Å². The second kappa shape index (κ2) is 4.98. The highest BCUT2D eigenvalue weighted by molar-refractivity contribution is 5.88. The number of pyridine rings is 1. The molecule has 0 unspecified atom stereocenters. The molecule has 1 N–H and O–H groups in total. The molecule has 0 aliphatic carbocycles. The van der Waals surface area contributed by atoms with Gasteiger partial charge in [0.15, 0.2) is 0 Å². The first-order chi connectivity index (χ1) is 9.36. The predicted molar refractivity (Wildman–Crippen MR) is 77.8 cm³/mol. The van der Waals surface area contributed by atoms with Gasteiger partial charge in [0.1, 0.15) is 17.3 Å². The summed E-state index contributed by atoms with van der Waals surface area (Å²) in [5.41, 5.74) is 0. The molecule has 0 radical (unpaired) electrons. The van der Waals surface area contributed by atoms with E-state index >= 15 is 0 Å². The number of rotatable bonds is 3. The molecule has 3 aromatic rings. The van der Waals surface area contributed by atoms with Crippen LogP contribution in [0.2, 0.25) is 0 Å². The average Bonchev–Trinajstić information content (AvgIpc) is 2.48. The molecule has 2 aromatic carbocycles. The topological polar surface area (TPSA) is 34.1 Å². The van der Waals surface area contributed by atoms with Crippen LogP contribution < -0.4 is 10.1 Å². The second-order valence-corrected chi connectivity index (χ2v) is 4.21. The summed E-state index contributed by atoms with van der Waals surface area (Å²) in [6, 6.07) is 18.0. The molecule has 3 rings (SSSR count). The minimum atomic E-state index is 0.774. The van der Waals surface area contributed by atoms with Gasteiger partial charge in [-0.15, -0.1) is 0 Å². The van der Waals surface area contributed by atoms with Gasteiger partial charge in [0, 0.05) is 24.7 Å². The summed E-state index contributed by atoms with van der Waals surface area (Å²) in [7, 11) is 1.84. The molecule has 0 saturated carbocycles. The van der Waals surface area contributed by atoms with E-state index in [0.717, 1.165) is 22.7 Å². The van der Waals surface area contributed by atoms with Crippen LogP contribution in [-0.2, 0) is 0 Å². The molecular weight excluding hydrogens is 236 g/mol. The molecule has 1 heterocycles. The molecule has 0 aliphatic rings. The van der Waals surface area contributed by atoms with Crippen molar-refractivity contribution in [1.29, 1.82) is 0 Å². The Hall–Kier alpha value is -2.55. The van der Waals surface area contributed by atoms with E-state index in [2.05, 4.69) is 28.5 Å². The van der Waals surface area contributed by atoms with Gasteiger partial charge < -0.3 is 10.1 Å². The Morgan fingerprint density at radius 3 is 2.74 bits per heavy atom.